The molecule has 0 atom stereocenters. The fraction of sp³-hybridized carbons (Fsp3) is 0.250. The smallest absolute Gasteiger partial charge is 0.435 e. The third-order valence-electron chi connectivity index (χ3n) is 1.71. The zero-order chi connectivity index (χ0) is 13.9. The van der Waals surface area contributed by atoms with Crippen LogP contribution >= 0.6 is 0 Å². The van der Waals surface area contributed by atoms with E-state index >= 15 is 0 Å². The second-order valence-electron chi connectivity index (χ2n) is 3.00. The number of ether oxygens (including phenoxy) is 2. The van der Waals surface area contributed by atoms with Crippen LogP contribution in [-0.2, 0) is 0 Å². The first kappa shape index (κ1) is 14.5. The molecule has 1 rings (SSSR count). The predicted molar refractivity (Wildman–Crippen MR) is 49.6 cm³/mol. The van der Waals surface area contributed by atoms with E-state index in [1.807, 2.05) is 0 Å². The van der Waals surface area contributed by atoms with Crippen molar-refractivity contribution >= 4 is 12.6 Å². The molecule has 0 spiro atoms. The van der Waals surface area contributed by atoms with E-state index in [1.54, 1.807) is 0 Å². The van der Waals surface area contributed by atoms with Crippen molar-refractivity contribution < 1.29 is 41.5 Å². The largest absolute Gasteiger partial charge is 0.573 e. The van der Waals surface area contributed by atoms with Gasteiger partial charge in [0.25, 0.3) is 0 Å². The molecule has 0 amide bonds. The Labute approximate surface area is 97.7 Å². The number of benzene rings is 1. The summed E-state index contributed by atoms with van der Waals surface area (Å²) in [6.45, 7) is -3.23. The molecule has 0 heterocycles. The Morgan fingerprint density at radius 3 is 2.22 bits per heavy atom. The Bertz CT molecular complexity index is 409. The van der Waals surface area contributed by atoms with E-state index < -0.39 is 37.1 Å². The van der Waals surface area contributed by atoms with Gasteiger partial charge >= 0.3 is 20.1 Å². The number of alkyl halides is 5. The van der Waals surface area contributed by atoms with E-state index in [2.05, 4.69) is 9.47 Å². The standard InChI is InChI=1S/C8H6BF5O4/c10-7(11)17-4-1-2-5(9(15)16)6(3-4)18-8(12,13)14/h1-3,7,15-16H. The number of halogens is 5. The fourth-order valence-corrected chi connectivity index (χ4v) is 1.12. The molecule has 0 fully saturated rings. The molecule has 0 saturated heterocycles. The maximum atomic E-state index is 12.0. The summed E-state index contributed by atoms with van der Waals surface area (Å²) >= 11 is 0. The summed E-state index contributed by atoms with van der Waals surface area (Å²) in [5, 5.41) is 17.6. The van der Waals surface area contributed by atoms with Gasteiger partial charge in [0, 0.05) is 11.5 Å². The van der Waals surface area contributed by atoms with Gasteiger partial charge < -0.3 is 19.5 Å². The molecule has 10 heteroatoms. The summed E-state index contributed by atoms with van der Waals surface area (Å²) < 4.78 is 67.1. The molecule has 1 aromatic carbocycles. The molecule has 0 aliphatic carbocycles. The van der Waals surface area contributed by atoms with Gasteiger partial charge in [-0.2, -0.15) is 8.78 Å². The maximum Gasteiger partial charge on any atom is 0.573 e. The van der Waals surface area contributed by atoms with Gasteiger partial charge in [0.1, 0.15) is 11.5 Å². The topological polar surface area (TPSA) is 58.9 Å². The van der Waals surface area contributed by atoms with Crippen LogP contribution in [0.3, 0.4) is 0 Å². The lowest BCUT2D eigenvalue weighted by Crippen LogP contribution is -2.33. The highest BCUT2D eigenvalue weighted by molar-refractivity contribution is 6.59. The zero-order valence-corrected chi connectivity index (χ0v) is 8.49. The molecular formula is C8H6BF5O4. The first-order chi connectivity index (χ1) is 8.19. The average Bonchev–Trinajstić information content (AvgIpc) is 2.13. The lowest BCUT2D eigenvalue weighted by Gasteiger charge is -2.14. The third kappa shape index (κ3) is 4.38. The van der Waals surface area contributed by atoms with Gasteiger partial charge in [-0.3, -0.25) is 0 Å². The van der Waals surface area contributed by atoms with Gasteiger partial charge in [0.15, 0.2) is 0 Å². The maximum absolute atomic E-state index is 12.0. The average molecular weight is 272 g/mol. The van der Waals surface area contributed by atoms with Crippen LogP contribution in [-0.4, -0.2) is 30.1 Å². The van der Waals surface area contributed by atoms with Crippen LogP contribution in [0.1, 0.15) is 0 Å². The normalized spacial score (nSPS) is 11.6. The van der Waals surface area contributed by atoms with Gasteiger partial charge in [-0.05, 0) is 6.07 Å². The molecule has 0 bridgehead atoms. The Morgan fingerprint density at radius 1 is 1.17 bits per heavy atom. The Balaban J connectivity index is 3.07. The van der Waals surface area contributed by atoms with Gasteiger partial charge in [0.05, 0.1) is 0 Å². The quantitative estimate of drug-likeness (QED) is 0.630. The minimum Gasteiger partial charge on any atom is -0.435 e. The summed E-state index contributed by atoms with van der Waals surface area (Å²) in [5.41, 5.74) is -0.631. The van der Waals surface area contributed by atoms with E-state index in [0.29, 0.717) is 6.07 Å². The Kier molecular flexibility index (Phi) is 4.35. The van der Waals surface area contributed by atoms with Crippen LogP contribution in [0.4, 0.5) is 22.0 Å². The third-order valence-corrected chi connectivity index (χ3v) is 1.71. The van der Waals surface area contributed by atoms with Crippen molar-refractivity contribution in [1.29, 1.82) is 0 Å². The molecule has 18 heavy (non-hydrogen) atoms. The van der Waals surface area contributed by atoms with Crippen LogP contribution in [0, 0.1) is 0 Å². The van der Waals surface area contributed by atoms with Crippen molar-refractivity contribution in [2.45, 2.75) is 13.0 Å². The van der Waals surface area contributed by atoms with E-state index in [-0.39, 0.29) is 0 Å². The van der Waals surface area contributed by atoms with Crippen LogP contribution in [0.25, 0.3) is 0 Å². The fourth-order valence-electron chi connectivity index (χ4n) is 1.12. The van der Waals surface area contributed by atoms with E-state index in [4.69, 9.17) is 10.0 Å². The summed E-state index contributed by atoms with van der Waals surface area (Å²) in [5.74, 6) is -1.63. The summed E-state index contributed by atoms with van der Waals surface area (Å²) in [6, 6.07) is 2.10. The lowest BCUT2D eigenvalue weighted by atomic mass is 9.79. The molecule has 0 saturated carbocycles. The molecule has 0 radical (unpaired) electrons. The highest BCUT2D eigenvalue weighted by Crippen LogP contribution is 2.25. The van der Waals surface area contributed by atoms with E-state index in [9.17, 15) is 22.0 Å². The molecule has 100 valence electrons. The first-order valence-corrected chi connectivity index (χ1v) is 4.39. The summed E-state index contributed by atoms with van der Waals surface area (Å²) in [7, 11) is -2.25. The van der Waals surface area contributed by atoms with Gasteiger partial charge in [-0.15, -0.1) is 13.2 Å². The minimum absolute atomic E-state index is 0.481. The van der Waals surface area contributed by atoms with E-state index in [1.165, 1.54) is 0 Å². The van der Waals surface area contributed by atoms with Gasteiger partial charge in [0.2, 0.25) is 0 Å². The molecule has 1 aromatic rings. The molecule has 0 aliphatic rings. The summed E-state index contributed by atoms with van der Waals surface area (Å²) in [6.07, 6.45) is -5.10. The minimum atomic E-state index is -5.10. The van der Waals surface area contributed by atoms with Crippen molar-refractivity contribution in [3.8, 4) is 11.5 Å². The second-order valence-corrected chi connectivity index (χ2v) is 3.00. The number of hydrogen-bond acceptors (Lipinski definition) is 4. The number of hydrogen-bond donors (Lipinski definition) is 2. The van der Waals surface area contributed by atoms with Crippen LogP contribution in [0.2, 0.25) is 0 Å². The molecule has 4 nitrogen and oxygen atoms in total. The molecular weight excluding hydrogens is 266 g/mol. The van der Waals surface area contributed by atoms with Gasteiger partial charge in [-0.25, -0.2) is 0 Å². The molecule has 2 N–H and O–H groups in total. The summed E-state index contributed by atoms with van der Waals surface area (Å²) in [4.78, 5) is 0. The second kappa shape index (κ2) is 5.40. The van der Waals surface area contributed by atoms with Crippen molar-refractivity contribution in [3.05, 3.63) is 18.2 Å². The zero-order valence-electron chi connectivity index (χ0n) is 8.49. The number of rotatable bonds is 4. The SMILES string of the molecule is OB(O)c1ccc(OC(F)F)cc1OC(F)(F)F. The predicted octanol–water partition coefficient (Wildman–Crippen LogP) is 0.866. The highest BCUT2D eigenvalue weighted by Gasteiger charge is 2.33. The molecule has 0 unspecified atom stereocenters. The Hall–Kier alpha value is -1.55. The van der Waals surface area contributed by atoms with Crippen LogP contribution < -0.4 is 14.9 Å². The lowest BCUT2D eigenvalue weighted by molar-refractivity contribution is -0.274. The van der Waals surface area contributed by atoms with Crippen molar-refractivity contribution in [3.63, 3.8) is 0 Å². The first-order valence-electron chi connectivity index (χ1n) is 4.39. The molecule has 0 aliphatic heterocycles. The van der Waals surface area contributed by atoms with Crippen LogP contribution in [0.15, 0.2) is 18.2 Å². The van der Waals surface area contributed by atoms with Crippen molar-refractivity contribution in [2.24, 2.45) is 0 Å². The van der Waals surface area contributed by atoms with E-state index in [0.717, 1.165) is 12.1 Å². The van der Waals surface area contributed by atoms with Crippen molar-refractivity contribution in [1.82, 2.24) is 0 Å². The van der Waals surface area contributed by atoms with Crippen molar-refractivity contribution in [2.75, 3.05) is 0 Å². The van der Waals surface area contributed by atoms with Gasteiger partial charge in [-0.1, -0.05) is 6.07 Å². The Morgan fingerprint density at radius 2 is 1.78 bits per heavy atom. The van der Waals surface area contributed by atoms with Crippen LogP contribution in [0.5, 0.6) is 11.5 Å². The molecule has 0 aromatic heterocycles. The highest BCUT2D eigenvalue weighted by atomic mass is 19.4. The monoisotopic (exact) mass is 272 g/mol.